The smallest absolute Gasteiger partial charge is 0.236 e. The van der Waals surface area contributed by atoms with E-state index in [1.165, 1.54) is 11.1 Å². The molecule has 0 aromatic heterocycles. The maximum atomic E-state index is 13.0. The predicted octanol–water partition coefficient (Wildman–Crippen LogP) is 4.50. The highest BCUT2D eigenvalue weighted by molar-refractivity contribution is 6.04. The standard InChI is InChI=1S/C19H21NO/c1-19(2,3)18(21)20-16-10-6-4-8-14(16)12-13-15-9-5-7-11-17(15)20/h4-11H,12-13H2,1-3H3. The Labute approximate surface area is 126 Å². The predicted molar refractivity (Wildman–Crippen MR) is 86.9 cm³/mol. The number of para-hydroxylation sites is 2. The average Bonchev–Trinajstić information content (AvgIpc) is 2.62. The van der Waals surface area contributed by atoms with E-state index in [1.807, 2.05) is 37.8 Å². The summed E-state index contributed by atoms with van der Waals surface area (Å²) in [5, 5.41) is 0. The first kappa shape index (κ1) is 13.9. The largest absolute Gasteiger partial charge is 0.280 e. The molecule has 2 heteroatoms. The van der Waals surface area contributed by atoms with Crippen molar-refractivity contribution in [3.8, 4) is 0 Å². The summed E-state index contributed by atoms with van der Waals surface area (Å²) in [6, 6.07) is 16.5. The highest BCUT2D eigenvalue weighted by Gasteiger charge is 2.32. The minimum absolute atomic E-state index is 0.143. The lowest BCUT2D eigenvalue weighted by Gasteiger charge is -2.31. The molecule has 2 aromatic carbocycles. The van der Waals surface area contributed by atoms with Gasteiger partial charge in [-0.25, -0.2) is 0 Å². The van der Waals surface area contributed by atoms with Crippen LogP contribution in [0.1, 0.15) is 31.9 Å². The molecule has 0 saturated heterocycles. The van der Waals surface area contributed by atoms with Crippen molar-refractivity contribution in [2.75, 3.05) is 4.90 Å². The van der Waals surface area contributed by atoms with Crippen LogP contribution in [0.4, 0.5) is 11.4 Å². The van der Waals surface area contributed by atoms with Crippen molar-refractivity contribution in [3.05, 3.63) is 59.7 Å². The number of amides is 1. The van der Waals surface area contributed by atoms with Gasteiger partial charge in [0.2, 0.25) is 5.91 Å². The van der Waals surface area contributed by atoms with Crippen LogP contribution in [0.5, 0.6) is 0 Å². The Bertz CT molecular complexity index is 634. The zero-order valence-corrected chi connectivity index (χ0v) is 12.9. The number of benzene rings is 2. The van der Waals surface area contributed by atoms with Gasteiger partial charge in [-0.05, 0) is 36.1 Å². The third-order valence-electron chi connectivity index (χ3n) is 3.97. The maximum Gasteiger partial charge on any atom is 0.236 e. The minimum atomic E-state index is -0.412. The van der Waals surface area contributed by atoms with Crippen LogP contribution in [0.2, 0.25) is 0 Å². The van der Waals surface area contributed by atoms with Crippen molar-refractivity contribution in [1.82, 2.24) is 0 Å². The summed E-state index contributed by atoms with van der Waals surface area (Å²) >= 11 is 0. The molecule has 3 rings (SSSR count). The number of hydrogen-bond donors (Lipinski definition) is 0. The van der Waals surface area contributed by atoms with Gasteiger partial charge in [0.25, 0.3) is 0 Å². The quantitative estimate of drug-likeness (QED) is 0.695. The average molecular weight is 279 g/mol. The molecular formula is C19H21NO. The summed E-state index contributed by atoms with van der Waals surface area (Å²) in [6.45, 7) is 5.93. The van der Waals surface area contributed by atoms with Crippen LogP contribution in [-0.4, -0.2) is 5.91 Å². The molecule has 0 spiro atoms. The molecule has 2 aromatic rings. The van der Waals surface area contributed by atoms with E-state index in [0.717, 1.165) is 24.2 Å². The van der Waals surface area contributed by atoms with Gasteiger partial charge in [-0.2, -0.15) is 0 Å². The van der Waals surface area contributed by atoms with Crippen molar-refractivity contribution in [2.24, 2.45) is 5.41 Å². The van der Waals surface area contributed by atoms with Crippen molar-refractivity contribution in [3.63, 3.8) is 0 Å². The van der Waals surface area contributed by atoms with Crippen molar-refractivity contribution in [1.29, 1.82) is 0 Å². The van der Waals surface area contributed by atoms with Crippen molar-refractivity contribution < 1.29 is 4.79 Å². The highest BCUT2D eigenvalue weighted by Crippen LogP contribution is 2.38. The fourth-order valence-electron chi connectivity index (χ4n) is 2.83. The van der Waals surface area contributed by atoms with Gasteiger partial charge in [0.05, 0.1) is 11.4 Å². The second-order valence-electron chi connectivity index (χ2n) is 6.65. The molecule has 108 valence electrons. The van der Waals surface area contributed by atoms with Crippen molar-refractivity contribution in [2.45, 2.75) is 33.6 Å². The molecule has 0 saturated carbocycles. The van der Waals surface area contributed by atoms with Gasteiger partial charge in [-0.3, -0.25) is 9.69 Å². The topological polar surface area (TPSA) is 20.3 Å². The maximum absolute atomic E-state index is 13.0. The summed E-state index contributed by atoms with van der Waals surface area (Å²) in [4.78, 5) is 14.9. The van der Waals surface area contributed by atoms with Crippen LogP contribution < -0.4 is 4.90 Å². The lowest BCUT2D eigenvalue weighted by Crippen LogP contribution is -2.36. The number of anilines is 2. The molecule has 0 atom stereocenters. The summed E-state index contributed by atoms with van der Waals surface area (Å²) in [7, 11) is 0. The Morgan fingerprint density at radius 1 is 0.857 bits per heavy atom. The SMILES string of the molecule is CC(C)(C)C(=O)N1c2ccccc2CCc2ccccc21. The lowest BCUT2D eigenvalue weighted by molar-refractivity contribution is -0.125. The minimum Gasteiger partial charge on any atom is -0.280 e. The zero-order chi connectivity index (χ0) is 15.0. The number of hydrogen-bond acceptors (Lipinski definition) is 1. The van der Waals surface area contributed by atoms with Gasteiger partial charge in [-0.1, -0.05) is 57.2 Å². The summed E-state index contributed by atoms with van der Waals surface area (Å²) < 4.78 is 0. The van der Waals surface area contributed by atoms with E-state index in [9.17, 15) is 4.79 Å². The molecule has 1 aliphatic heterocycles. The molecule has 0 N–H and O–H groups in total. The Hall–Kier alpha value is -2.09. The van der Waals surface area contributed by atoms with Gasteiger partial charge >= 0.3 is 0 Å². The Kier molecular flexibility index (Phi) is 3.32. The van der Waals surface area contributed by atoms with E-state index in [1.54, 1.807) is 0 Å². The Balaban J connectivity index is 2.23. The summed E-state index contributed by atoms with van der Waals surface area (Å²) in [5.41, 5.74) is 4.13. The molecule has 2 nitrogen and oxygen atoms in total. The fourth-order valence-corrected chi connectivity index (χ4v) is 2.83. The van der Waals surface area contributed by atoms with Crippen LogP contribution in [0.25, 0.3) is 0 Å². The lowest BCUT2D eigenvalue weighted by atomic mass is 9.93. The van der Waals surface area contributed by atoms with Crippen LogP contribution in [0.15, 0.2) is 48.5 Å². The van der Waals surface area contributed by atoms with E-state index >= 15 is 0 Å². The number of fused-ring (bicyclic) bond motifs is 2. The van der Waals surface area contributed by atoms with Crippen LogP contribution in [0, 0.1) is 5.41 Å². The van der Waals surface area contributed by atoms with Crippen molar-refractivity contribution >= 4 is 17.3 Å². The molecule has 1 aliphatic rings. The highest BCUT2D eigenvalue weighted by atomic mass is 16.2. The third-order valence-corrected chi connectivity index (χ3v) is 3.97. The Morgan fingerprint density at radius 3 is 1.71 bits per heavy atom. The second kappa shape index (κ2) is 5.03. The summed E-state index contributed by atoms with van der Waals surface area (Å²) in [6.07, 6.45) is 1.95. The summed E-state index contributed by atoms with van der Waals surface area (Å²) in [5.74, 6) is 0.143. The molecule has 0 fully saturated rings. The molecule has 0 radical (unpaired) electrons. The Morgan fingerprint density at radius 2 is 1.29 bits per heavy atom. The second-order valence-corrected chi connectivity index (χ2v) is 6.65. The number of nitrogens with zero attached hydrogens (tertiary/aromatic N) is 1. The number of rotatable bonds is 0. The first-order chi connectivity index (χ1) is 9.98. The third kappa shape index (κ3) is 2.46. The van der Waals surface area contributed by atoms with Gasteiger partial charge in [0, 0.05) is 5.41 Å². The molecule has 0 unspecified atom stereocenters. The monoisotopic (exact) mass is 279 g/mol. The van der Waals surface area contributed by atoms with E-state index in [2.05, 4.69) is 36.4 Å². The van der Waals surface area contributed by atoms with E-state index in [4.69, 9.17) is 0 Å². The van der Waals surface area contributed by atoms with E-state index in [0.29, 0.717) is 0 Å². The van der Waals surface area contributed by atoms with E-state index in [-0.39, 0.29) is 5.91 Å². The van der Waals surface area contributed by atoms with E-state index < -0.39 is 5.41 Å². The molecule has 0 bridgehead atoms. The number of carbonyl (C=O) groups excluding carboxylic acids is 1. The number of aryl methyl sites for hydroxylation is 2. The normalized spacial score (nSPS) is 14.1. The number of carbonyl (C=O) groups is 1. The first-order valence-electron chi connectivity index (χ1n) is 7.49. The van der Waals surface area contributed by atoms with Gasteiger partial charge in [0.1, 0.15) is 0 Å². The molecule has 0 aliphatic carbocycles. The molecule has 1 heterocycles. The molecule has 1 amide bonds. The van der Waals surface area contributed by atoms with Crippen LogP contribution >= 0.6 is 0 Å². The van der Waals surface area contributed by atoms with Crippen LogP contribution in [0.3, 0.4) is 0 Å². The van der Waals surface area contributed by atoms with Crippen LogP contribution in [-0.2, 0) is 17.6 Å². The fraction of sp³-hybridized carbons (Fsp3) is 0.316. The van der Waals surface area contributed by atoms with Gasteiger partial charge in [0.15, 0.2) is 0 Å². The molecular weight excluding hydrogens is 258 g/mol. The van der Waals surface area contributed by atoms with Gasteiger partial charge < -0.3 is 0 Å². The molecule has 21 heavy (non-hydrogen) atoms. The zero-order valence-electron chi connectivity index (χ0n) is 12.9. The van der Waals surface area contributed by atoms with Gasteiger partial charge in [-0.15, -0.1) is 0 Å². The first-order valence-corrected chi connectivity index (χ1v) is 7.49.